The minimum atomic E-state index is 0.981. The maximum absolute atomic E-state index is 4.64. The third kappa shape index (κ3) is 4.76. The van der Waals surface area contributed by atoms with Gasteiger partial charge in [-0.15, -0.1) is 0 Å². The molecule has 0 fully saturated rings. The maximum atomic E-state index is 4.64. The molecule has 9 aromatic rings. The summed E-state index contributed by atoms with van der Waals surface area (Å²) < 4.78 is 0. The molecule has 0 aliphatic heterocycles. The van der Waals surface area contributed by atoms with E-state index in [0.29, 0.717) is 0 Å². The van der Waals surface area contributed by atoms with Crippen LogP contribution in [0.3, 0.4) is 0 Å². The Hall–Kier alpha value is -6.31. The number of hydrogen-bond donors (Lipinski definition) is 0. The van der Waals surface area contributed by atoms with E-state index in [-0.39, 0.29) is 0 Å². The van der Waals surface area contributed by atoms with Crippen molar-refractivity contribution in [1.82, 2.24) is 4.98 Å². The van der Waals surface area contributed by atoms with E-state index in [0.717, 1.165) is 16.8 Å². The van der Waals surface area contributed by atoms with Crippen LogP contribution in [0.15, 0.2) is 188 Å². The third-order valence-electron chi connectivity index (χ3n) is 9.54. The third-order valence-corrected chi connectivity index (χ3v) is 9.54. The zero-order valence-corrected chi connectivity index (χ0v) is 26.3. The predicted octanol–water partition coefficient (Wildman–Crippen LogP) is 12.9. The van der Waals surface area contributed by atoms with Gasteiger partial charge in [-0.25, -0.2) is 0 Å². The second-order valence-corrected chi connectivity index (χ2v) is 12.3. The number of fused-ring (bicyclic) bond motifs is 3. The molecule has 1 nitrogen and oxygen atoms in total. The molecule has 1 heterocycles. The van der Waals surface area contributed by atoms with E-state index < -0.39 is 0 Å². The molecule has 0 radical (unpaired) electrons. The molecule has 0 atom stereocenters. The van der Waals surface area contributed by atoms with Crippen molar-refractivity contribution in [2.24, 2.45) is 0 Å². The van der Waals surface area contributed by atoms with Crippen LogP contribution in [-0.4, -0.2) is 4.98 Å². The molecule has 0 spiro atoms. The molecular formula is C47H31N. The van der Waals surface area contributed by atoms with Crippen molar-refractivity contribution in [3.05, 3.63) is 188 Å². The molecule has 224 valence electrons. The topological polar surface area (TPSA) is 12.9 Å². The lowest BCUT2D eigenvalue weighted by Crippen LogP contribution is -1.92. The van der Waals surface area contributed by atoms with Gasteiger partial charge in [-0.3, -0.25) is 4.98 Å². The van der Waals surface area contributed by atoms with Gasteiger partial charge in [-0.05, 0) is 89.0 Å². The number of benzene rings is 8. The van der Waals surface area contributed by atoms with Crippen molar-refractivity contribution in [2.75, 3.05) is 0 Å². The number of aromatic nitrogens is 1. The fourth-order valence-electron chi connectivity index (χ4n) is 7.33. The van der Waals surface area contributed by atoms with Gasteiger partial charge < -0.3 is 0 Å². The molecule has 9 rings (SSSR count). The normalized spacial score (nSPS) is 11.3. The van der Waals surface area contributed by atoms with Crippen LogP contribution in [0.25, 0.3) is 88.1 Å². The molecule has 0 saturated carbocycles. The summed E-state index contributed by atoms with van der Waals surface area (Å²) in [4.78, 5) is 4.64. The fraction of sp³-hybridized carbons (Fsp3) is 0. The molecular weight excluding hydrogens is 579 g/mol. The summed E-state index contributed by atoms with van der Waals surface area (Å²) in [6.45, 7) is 0. The SMILES string of the molecule is c1ccc(-c2cc(-c3ccc(-c4c5ccccc5c(-c5cccc6c(-c7ccccc7)cccc56)c5ccccc45)cc3)ccn2)cc1. The predicted molar refractivity (Wildman–Crippen MR) is 204 cm³/mol. The van der Waals surface area contributed by atoms with Crippen LogP contribution in [-0.2, 0) is 0 Å². The smallest absolute Gasteiger partial charge is 0.0708 e. The van der Waals surface area contributed by atoms with Crippen molar-refractivity contribution in [3.8, 4) is 55.8 Å². The van der Waals surface area contributed by atoms with Gasteiger partial charge >= 0.3 is 0 Å². The van der Waals surface area contributed by atoms with Gasteiger partial charge in [0.25, 0.3) is 0 Å². The Balaban J connectivity index is 1.22. The second-order valence-electron chi connectivity index (χ2n) is 12.3. The van der Waals surface area contributed by atoms with Crippen LogP contribution in [0.1, 0.15) is 0 Å². The maximum Gasteiger partial charge on any atom is 0.0708 e. The van der Waals surface area contributed by atoms with E-state index in [1.165, 1.54) is 71.3 Å². The monoisotopic (exact) mass is 609 g/mol. The summed E-state index contributed by atoms with van der Waals surface area (Å²) in [5, 5.41) is 7.55. The highest BCUT2D eigenvalue weighted by atomic mass is 14.7. The zero-order valence-electron chi connectivity index (χ0n) is 26.3. The summed E-state index contributed by atoms with van der Waals surface area (Å²) in [5.41, 5.74) is 11.9. The molecule has 0 aliphatic rings. The molecule has 1 aromatic heterocycles. The highest BCUT2D eigenvalue weighted by Crippen LogP contribution is 2.46. The summed E-state index contributed by atoms with van der Waals surface area (Å²) in [6.07, 6.45) is 1.90. The summed E-state index contributed by atoms with van der Waals surface area (Å²) in [7, 11) is 0. The Morgan fingerprint density at radius 3 is 1.38 bits per heavy atom. The van der Waals surface area contributed by atoms with E-state index in [2.05, 4.69) is 181 Å². The van der Waals surface area contributed by atoms with Gasteiger partial charge in [-0.1, -0.05) is 170 Å². The van der Waals surface area contributed by atoms with Crippen molar-refractivity contribution in [3.63, 3.8) is 0 Å². The van der Waals surface area contributed by atoms with E-state index >= 15 is 0 Å². The summed E-state index contributed by atoms with van der Waals surface area (Å²) in [5.74, 6) is 0. The first-order valence-electron chi connectivity index (χ1n) is 16.5. The van der Waals surface area contributed by atoms with Gasteiger partial charge in [0.2, 0.25) is 0 Å². The number of nitrogens with zero attached hydrogens (tertiary/aromatic N) is 1. The Bertz CT molecular complexity index is 2530. The summed E-state index contributed by atoms with van der Waals surface area (Å²) in [6, 6.07) is 65.6. The van der Waals surface area contributed by atoms with Crippen molar-refractivity contribution >= 4 is 32.3 Å². The van der Waals surface area contributed by atoms with Crippen LogP contribution < -0.4 is 0 Å². The molecule has 0 aliphatic carbocycles. The highest BCUT2D eigenvalue weighted by Gasteiger charge is 2.18. The van der Waals surface area contributed by atoms with Crippen molar-refractivity contribution in [1.29, 1.82) is 0 Å². The quantitative estimate of drug-likeness (QED) is 0.177. The van der Waals surface area contributed by atoms with Gasteiger partial charge in [0.15, 0.2) is 0 Å². The fourth-order valence-corrected chi connectivity index (χ4v) is 7.33. The molecule has 48 heavy (non-hydrogen) atoms. The first-order chi connectivity index (χ1) is 23.8. The van der Waals surface area contributed by atoms with Crippen LogP contribution in [0.5, 0.6) is 0 Å². The Kier molecular flexibility index (Phi) is 6.87. The van der Waals surface area contributed by atoms with E-state index in [9.17, 15) is 0 Å². The number of pyridine rings is 1. The largest absolute Gasteiger partial charge is 0.256 e. The van der Waals surface area contributed by atoms with Gasteiger partial charge in [0, 0.05) is 11.8 Å². The van der Waals surface area contributed by atoms with Crippen LogP contribution in [0.2, 0.25) is 0 Å². The minimum absolute atomic E-state index is 0.981. The highest BCUT2D eigenvalue weighted by molar-refractivity contribution is 6.24. The van der Waals surface area contributed by atoms with Crippen LogP contribution in [0.4, 0.5) is 0 Å². The molecule has 1 heteroatoms. The van der Waals surface area contributed by atoms with Crippen molar-refractivity contribution in [2.45, 2.75) is 0 Å². The first-order valence-corrected chi connectivity index (χ1v) is 16.5. The molecule has 0 amide bonds. The van der Waals surface area contributed by atoms with Gasteiger partial charge in [-0.2, -0.15) is 0 Å². The first kappa shape index (κ1) is 28.0. The average molecular weight is 610 g/mol. The zero-order chi connectivity index (χ0) is 31.9. The molecule has 8 aromatic carbocycles. The van der Waals surface area contributed by atoms with Gasteiger partial charge in [0.05, 0.1) is 5.69 Å². The lowest BCUT2D eigenvalue weighted by Gasteiger charge is -2.19. The molecule has 0 saturated heterocycles. The van der Waals surface area contributed by atoms with E-state index in [4.69, 9.17) is 0 Å². The van der Waals surface area contributed by atoms with Gasteiger partial charge in [0.1, 0.15) is 0 Å². The minimum Gasteiger partial charge on any atom is -0.256 e. The van der Waals surface area contributed by atoms with E-state index in [1.807, 2.05) is 12.3 Å². The van der Waals surface area contributed by atoms with Crippen molar-refractivity contribution < 1.29 is 0 Å². The molecule has 0 bridgehead atoms. The second kappa shape index (κ2) is 11.8. The molecule has 0 N–H and O–H groups in total. The van der Waals surface area contributed by atoms with E-state index in [1.54, 1.807) is 0 Å². The number of rotatable bonds is 5. The van der Waals surface area contributed by atoms with Crippen LogP contribution >= 0.6 is 0 Å². The molecule has 0 unspecified atom stereocenters. The van der Waals surface area contributed by atoms with Crippen LogP contribution in [0, 0.1) is 0 Å². The Labute approximate surface area is 280 Å². The standard InChI is InChI=1S/C47H31N/c1-3-13-33(14-4-1)37-21-11-23-39-38(37)22-12-24-40(39)47-43-19-9-7-17-41(43)46(42-18-8-10-20-44(42)47)35-27-25-32(26-28-35)36-29-30-48-45(31-36)34-15-5-2-6-16-34/h1-31H. The lowest BCUT2D eigenvalue weighted by atomic mass is 9.84. The Morgan fingerprint density at radius 2 is 0.750 bits per heavy atom. The Morgan fingerprint density at radius 1 is 0.271 bits per heavy atom. The average Bonchev–Trinajstić information content (AvgIpc) is 3.17. The summed E-state index contributed by atoms with van der Waals surface area (Å²) >= 11 is 0. The number of hydrogen-bond acceptors (Lipinski definition) is 1. The lowest BCUT2D eigenvalue weighted by molar-refractivity contribution is 1.33.